The Morgan fingerprint density at radius 1 is 1.44 bits per heavy atom. The molecule has 0 saturated carbocycles. The van der Waals surface area contributed by atoms with Crippen molar-refractivity contribution in [2.75, 3.05) is 17.3 Å². The lowest BCUT2D eigenvalue weighted by molar-refractivity contribution is -0.118. The van der Waals surface area contributed by atoms with Crippen LogP contribution in [0, 0.1) is 0 Å². The van der Waals surface area contributed by atoms with Crippen molar-refractivity contribution in [2.24, 2.45) is 11.6 Å². The summed E-state index contributed by atoms with van der Waals surface area (Å²) in [6, 6.07) is 1.74. The molecule has 0 aromatic carbocycles. The first-order valence-electron chi connectivity index (χ1n) is 5.04. The molecule has 0 aliphatic rings. The van der Waals surface area contributed by atoms with Gasteiger partial charge in [0, 0.05) is 19.2 Å². The van der Waals surface area contributed by atoms with Crippen LogP contribution in [0.2, 0.25) is 0 Å². The molecule has 1 aromatic rings. The second kappa shape index (κ2) is 6.57. The van der Waals surface area contributed by atoms with Crippen molar-refractivity contribution in [2.45, 2.75) is 19.3 Å². The van der Waals surface area contributed by atoms with E-state index < -0.39 is 0 Å². The number of anilines is 2. The zero-order chi connectivity index (χ0) is 11.8. The van der Waals surface area contributed by atoms with Crippen LogP contribution in [-0.2, 0) is 4.79 Å². The van der Waals surface area contributed by atoms with Crippen LogP contribution >= 0.6 is 0 Å². The van der Waals surface area contributed by atoms with Gasteiger partial charge in [-0.15, -0.1) is 0 Å². The number of hydrogen-bond donors (Lipinski definition) is 4. The van der Waals surface area contributed by atoms with E-state index in [1.165, 1.54) is 0 Å². The number of nitrogens with zero attached hydrogens (tertiary/aromatic N) is 2. The molecule has 88 valence electrons. The first-order valence-corrected chi connectivity index (χ1v) is 5.04. The maximum absolute atomic E-state index is 10.5. The lowest BCUT2D eigenvalue weighted by atomic mass is 10.2. The smallest absolute Gasteiger partial charge is 0.239 e. The van der Waals surface area contributed by atoms with Crippen molar-refractivity contribution >= 4 is 17.7 Å². The van der Waals surface area contributed by atoms with E-state index in [4.69, 9.17) is 11.6 Å². The van der Waals surface area contributed by atoms with E-state index in [1.807, 2.05) is 0 Å². The summed E-state index contributed by atoms with van der Waals surface area (Å²) < 4.78 is 0. The highest BCUT2D eigenvalue weighted by Crippen LogP contribution is 2.05. The van der Waals surface area contributed by atoms with E-state index in [9.17, 15) is 4.79 Å². The second-order valence-electron chi connectivity index (χ2n) is 3.26. The van der Waals surface area contributed by atoms with Gasteiger partial charge in [-0.05, 0) is 18.9 Å². The molecule has 1 aromatic heterocycles. The molecule has 0 radical (unpaired) electrons. The van der Waals surface area contributed by atoms with Gasteiger partial charge in [-0.2, -0.15) is 4.98 Å². The van der Waals surface area contributed by atoms with E-state index in [0.717, 1.165) is 19.4 Å². The number of nitrogens with one attached hydrogen (secondary N) is 2. The summed E-state index contributed by atoms with van der Waals surface area (Å²) in [7, 11) is 0. The fraction of sp³-hybridized carbons (Fsp3) is 0.444. The molecule has 0 bridgehead atoms. The first-order chi connectivity index (χ1) is 7.72. The van der Waals surface area contributed by atoms with E-state index >= 15 is 0 Å². The SMILES string of the molecule is NNc1nccc(NCCCCC(N)=O)n1. The lowest BCUT2D eigenvalue weighted by Crippen LogP contribution is -2.13. The minimum absolute atomic E-state index is 0.267. The van der Waals surface area contributed by atoms with Crippen LogP contribution in [0.1, 0.15) is 19.3 Å². The molecule has 1 amide bonds. The number of hydrogen-bond acceptors (Lipinski definition) is 6. The van der Waals surface area contributed by atoms with E-state index in [-0.39, 0.29) is 5.91 Å². The number of nitrogen functional groups attached to an aromatic ring is 1. The highest BCUT2D eigenvalue weighted by Gasteiger charge is 1.97. The fourth-order valence-electron chi connectivity index (χ4n) is 1.17. The Hall–Kier alpha value is -1.89. The zero-order valence-electron chi connectivity index (χ0n) is 8.94. The standard InChI is InChI=1S/C9H16N6O/c10-7(16)3-1-2-5-12-8-4-6-13-9(14-8)15-11/h4,6H,1-3,5,11H2,(H2,10,16)(H2,12,13,14,15). The lowest BCUT2D eigenvalue weighted by Gasteiger charge is -2.05. The Balaban J connectivity index is 2.23. The van der Waals surface area contributed by atoms with Gasteiger partial charge in [0.15, 0.2) is 0 Å². The summed E-state index contributed by atoms with van der Waals surface area (Å²) in [5.74, 6) is 5.97. The van der Waals surface area contributed by atoms with Crippen LogP contribution in [0.5, 0.6) is 0 Å². The van der Waals surface area contributed by atoms with Crippen molar-refractivity contribution in [3.63, 3.8) is 0 Å². The number of nitrogens with two attached hydrogens (primary N) is 2. The minimum Gasteiger partial charge on any atom is -0.370 e. The summed E-state index contributed by atoms with van der Waals surface area (Å²) in [6.07, 6.45) is 3.66. The number of aromatic nitrogens is 2. The molecule has 0 aliphatic carbocycles. The predicted molar refractivity (Wildman–Crippen MR) is 61.4 cm³/mol. The molecular formula is C9H16N6O. The molecule has 0 unspecified atom stereocenters. The summed E-state index contributed by atoms with van der Waals surface area (Å²) in [4.78, 5) is 18.4. The highest BCUT2D eigenvalue weighted by atomic mass is 16.1. The minimum atomic E-state index is -0.267. The van der Waals surface area contributed by atoms with Gasteiger partial charge in [-0.1, -0.05) is 0 Å². The van der Waals surface area contributed by atoms with E-state index in [0.29, 0.717) is 18.2 Å². The Labute approximate surface area is 93.6 Å². The van der Waals surface area contributed by atoms with Crippen molar-refractivity contribution < 1.29 is 4.79 Å². The molecule has 16 heavy (non-hydrogen) atoms. The number of primary amides is 1. The van der Waals surface area contributed by atoms with Crippen LogP contribution in [0.4, 0.5) is 11.8 Å². The molecule has 1 rings (SSSR count). The van der Waals surface area contributed by atoms with E-state index in [1.54, 1.807) is 12.3 Å². The molecule has 7 nitrogen and oxygen atoms in total. The number of amides is 1. The van der Waals surface area contributed by atoms with Crippen LogP contribution in [0.3, 0.4) is 0 Å². The maximum atomic E-state index is 10.5. The van der Waals surface area contributed by atoms with Gasteiger partial charge >= 0.3 is 0 Å². The van der Waals surface area contributed by atoms with E-state index in [2.05, 4.69) is 20.7 Å². The molecular weight excluding hydrogens is 208 g/mol. The van der Waals surface area contributed by atoms with Gasteiger partial charge in [0.2, 0.25) is 11.9 Å². The third-order valence-electron chi connectivity index (χ3n) is 1.94. The Kier molecular flexibility index (Phi) is 5.00. The van der Waals surface area contributed by atoms with Crippen LogP contribution in [-0.4, -0.2) is 22.4 Å². The molecule has 1 heterocycles. The monoisotopic (exact) mass is 224 g/mol. The van der Waals surface area contributed by atoms with Gasteiger partial charge in [0.05, 0.1) is 0 Å². The molecule has 7 heteroatoms. The van der Waals surface area contributed by atoms with Gasteiger partial charge in [-0.3, -0.25) is 10.2 Å². The van der Waals surface area contributed by atoms with Crippen molar-refractivity contribution in [1.29, 1.82) is 0 Å². The van der Waals surface area contributed by atoms with Crippen LogP contribution in [0.25, 0.3) is 0 Å². The summed E-state index contributed by atoms with van der Waals surface area (Å²) in [6.45, 7) is 0.730. The molecule has 0 spiro atoms. The third-order valence-corrected chi connectivity index (χ3v) is 1.94. The number of carbonyl (C=O) groups is 1. The summed E-state index contributed by atoms with van der Waals surface area (Å²) >= 11 is 0. The Bertz CT molecular complexity index is 343. The number of carbonyl (C=O) groups excluding carboxylic acids is 1. The van der Waals surface area contributed by atoms with Crippen molar-refractivity contribution in [1.82, 2.24) is 9.97 Å². The number of hydrazine groups is 1. The normalized spacial score (nSPS) is 9.81. The Morgan fingerprint density at radius 3 is 2.94 bits per heavy atom. The van der Waals surface area contributed by atoms with Gasteiger partial charge < -0.3 is 11.1 Å². The van der Waals surface area contributed by atoms with Gasteiger partial charge in [0.25, 0.3) is 0 Å². The molecule has 0 atom stereocenters. The topological polar surface area (TPSA) is 119 Å². The highest BCUT2D eigenvalue weighted by molar-refractivity contribution is 5.73. The molecule has 0 fully saturated rings. The first kappa shape index (κ1) is 12.2. The largest absolute Gasteiger partial charge is 0.370 e. The van der Waals surface area contributed by atoms with Crippen LogP contribution in [0.15, 0.2) is 12.3 Å². The summed E-state index contributed by atoms with van der Waals surface area (Å²) in [5, 5.41) is 3.09. The second-order valence-corrected chi connectivity index (χ2v) is 3.26. The number of rotatable bonds is 7. The predicted octanol–water partition coefficient (Wildman–Crippen LogP) is -0.170. The Morgan fingerprint density at radius 2 is 2.25 bits per heavy atom. The average Bonchev–Trinajstić information content (AvgIpc) is 2.28. The fourth-order valence-corrected chi connectivity index (χ4v) is 1.17. The van der Waals surface area contributed by atoms with Crippen LogP contribution < -0.4 is 22.3 Å². The summed E-state index contributed by atoms with van der Waals surface area (Å²) in [5.41, 5.74) is 7.38. The van der Waals surface area contributed by atoms with Crippen molar-refractivity contribution in [3.05, 3.63) is 12.3 Å². The number of unbranched alkanes of at least 4 members (excludes halogenated alkanes) is 1. The van der Waals surface area contributed by atoms with Gasteiger partial charge in [-0.25, -0.2) is 10.8 Å². The van der Waals surface area contributed by atoms with Gasteiger partial charge in [0.1, 0.15) is 5.82 Å². The molecule has 0 aliphatic heterocycles. The average molecular weight is 224 g/mol. The van der Waals surface area contributed by atoms with Crippen molar-refractivity contribution in [3.8, 4) is 0 Å². The quantitative estimate of drug-likeness (QED) is 0.290. The molecule has 0 saturated heterocycles. The third kappa shape index (κ3) is 4.56. The molecule has 6 N–H and O–H groups in total. The zero-order valence-corrected chi connectivity index (χ0v) is 8.94. The maximum Gasteiger partial charge on any atom is 0.239 e.